The number of benzene rings is 1. The largest absolute Gasteiger partial charge is 0.488 e. The molecule has 1 fully saturated rings. The van der Waals surface area contributed by atoms with Crippen LogP contribution >= 0.6 is 0 Å². The fraction of sp³-hybridized carbons (Fsp3) is 0.421. The number of ether oxygens (including phenoxy) is 2. The molecule has 1 aliphatic rings. The maximum Gasteiger partial charge on any atom is 0.290 e. The highest BCUT2D eigenvalue weighted by atomic mass is 16.5. The van der Waals surface area contributed by atoms with Gasteiger partial charge in [0.05, 0.1) is 24.9 Å². The Hall–Kier alpha value is -2.87. The van der Waals surface area contributed by atoms with E-state index in [2.05, 4.69) is 10.5 Å². The van der Waals surface area contributed by atoms with Crippen LogP contribution in [0.3, 0.4) is 0 Å². The number of nitrogens with two attached hydrogens (primary N) is 1. The van der Waals surface area contributed by atoms with Gasteiger partial charge in [0.1, 0.15) is 11.9 Å². The first-order valence-corrected chi connectivity index (χ1v) is 8.86. The molecular weight excluding hydrogens is 350 g/mol. The lowest BCUT2D eigenvalue weighted by Gasteiger charge is -2.32. The summed E-state index contributed by atoms with van der Waals surface area (Å²) in [4.78, 5) is 23.6. The summed E-state index contributed by atoms with van der Waals surface area (Å²) >= 11 is 0. The Morgan fingerprint density at radius 2 is 2.04 bits per heavy atom. The molecule has 0 bridgehead atoms. The first kappa shape index (κ1) is 18.9. The van der Waals surface area contributed by atoms with Gasteiger partial charge < -0.3 is 25.0 Å². The smallest absolute Gasteiger partial charge is 0.290 e. The van der Waals surface area contributed by atoms with Crippen LogP contribution in [0.1, 0.15) is 52.8 Å². The van der Waals surface area contributed by atoms with Crippen molar-refractivity contribution in [1.29, 1.82) is 0 Å². The summed E-state index contributed by atoms with van der Waals surface area (Å²) in [6, 6.07) is 7.87. The van der Waals surface area contributed by atoms with Crippen molar-refractivity contribution in [1.82, 2.24) is 10.5 Å². The van der Waals surface area contributed by atoms with Gasteiger partial charge in [-0.1, -0.05) is 19.0 Å². The number of amides is 2. The van der Waals surface area contributed by atoms with E-state index in [1.54, 1.807) is 30.3 Å². The molecule has 1 saturated heterocycles. The van der Waals surface area contributed by atoms with Crippen molar-refractivity contribution in [2.75, 3.05) is 13.2 Å². The molecule has 27 heavy (non-hydrogen) atoms. The number of aromatic nitrogens is 1. The Morgan fingerprint density at radius 1 is 1.30 bits per heavy atom. The van der Waals surface area contributed by atoms with Gasteiger partial charge in [0.2, 0.25) is 11.7 Å². The predicted octanol–water partition coefficient (Wildman–Crippen LogP) is 1.86. The lowest BCUT2D eigenvalue weighted by atomic mass is 10.1. The lowest BCUT2D eigenvalue weighted by Crippen LogP contribution is -2.51. The summed E-state index contributed by atoms with van der Waals surface area (Å²) in [6.45, 7) is 4.82. The molecule has 1 aromatic carbocycles. The standard InChI is InChI=1S/C19H23N3O5/c1-11(2)14-9-17(27-22-14)19(24)21-15-10-25-8-7-16(15)26-13-5-3-12(4-6-13)18(20)23/h3-6,9,11,15-16H,7-8,10H2,1-2H3,(H2,20,23)(H,21,24)/t15-,16-/m1/s1. The van der Waals surface area contributed by atoms with E-state index in [9.17, 15) is 9.59 Å². The maximum atomic E-state index is 12.5. The van der Waals surface area contributed by atoms with E-state index in [-0.39, 0.29) is 29.7 Å². The molecular formula is C19H23N3O5. The van der Waals surface area contributed by atoms with Gasteiger partial charge in [0, 0.05) is 18.1 Å². The fourth-order valence-electron chi connectivity index (χ4n) is 2.77. The van der Waals surface area contributed by atoms with E-state index in [1.165, 1.54) is 0 Å². The number of nitrogens with one attached hydrogen (secondary N) is 1. The highest BCUT2D eigenvalue weighted by Crippen LogP contribution is 2.20. The van der Waals surface area contributed by atoms with E-state index < -0.39 is 5.91 Å². The van der Waals surface area contributed by atoms with E-state index in [0.29, 0.717) is 30.9 Å². The minimum atomic E-state index is -0.495. The average Bonchev–Trinajstić information content (AvgIpc) is 3.14. The van der Waals surface area contributed by atoms with Crippen LogP contribution in [0.2, 0.25) is 0 Å². The molecule has 3 rings (SSSR count). The first-order chi connectivity index (χ1) is 12.9. The molecule has 1 aromatic heterocycles. The molecule has 2 atom stereocenters. The molecule has 0 saturated carbocycles. The monoisotopic (exact) mass is 373 g/mol. The number of rotatable bonds is 6. The van der Waals surface area contributed by atoms with E-state index >= 15 is 0 Å². The Kier molecular flexibility index (Phi) is 5.75. The molecule has 2 heterocycles. The van der Waals surface area contributed by atoms with Crippen molar-refractivity contribution in [2.45, 2.75) is 38.3 Å². The second-order valence-corrected chi connectivity index (χ2v) is 6.76. The topological polar surface area (TPSA) is 117 Å². The molecule has 144 valence electrons. The molecule has 3 N–H and O–H groups in total. The Balaban J connectivity index is 1.65. The SMILES string of the molecule is CC(C)c1cc(C(=O)N[C@@H]2COCC[C@H]2Oc2ccc(C(N)=O)cc2)on1. The molecule has 0 aliphatic carbocycles. The average molecular weight is 373 g/mol. The van der Waals surface area contributed by atoms with Crippen LogP contribution in [0, 0.1) is 0 Å². The number of carbonyl (C=O) groups excluding carboxylic acids is 2. The van der Waals surface area contributed by atoms with Crippen LogP contribution in [-0.2, 0) is 4.74 Å². The minimum absolute atomic E-state index is 0.161. The van der Waals surface area contributed by atoms with E-state index in [0.717, 1.165) is 5.69 Å². The van der Waals surface area contributed by atoms with Crippen LogP contribution in [0.4, 0.5) is 0 Å². The Bertz CT molecular complexity index is 800. The number of hydrogen-bond donors (Lipinski definition) is 2. The number of nitrogens with zero attached hydrogens (tertiary/aromatic N) is 1. The highest BCUT2D eigenvalue weighted by molar-refractivity contribution is 5.93. The molecule has 0 unspecified atom stereocenters. The summed E-state index contributed by atoms with van der Waals surface area (Å²) in [6.07, 6.45) is 0.352. The van der Waals surface area contributed by atoms with Crippen LogP contribution in [0.25, 0.3) is 0 Å². The second kappa shape index (κ2) is 8.22. The Morgan fingerprint density at radius 3 is 2.67 bits per heavy atom. The summed E-state index contributed by atoms with van der Waals surface area (Å²) in [5, 5.41) is 6.79. The van der Waals surface area contributed by atoms with Gasteiger partial charge in [-0.15, -0.1) is 0 Å². The van der Waals surface area contributed by atoms with Gasteiger partial charge in [-0.25, -0.2) is 0 Å². The maximum absolute atomic E-state index is 12.5. The molecule has 2 amide bonds. The summed E-state index contributed by atoms with van der Waals surface area (Å²) in [7, 11) is 0. The van der Waals surface area contributed by atoms with Crippen LogP contribution in [0.15, 0.2) is 34.9 Å². The van der Waals surface area contributed by atoms with Crippen molar-refractivity contribution in [3.05, 3.63) is 47.3 Å². The van der Waals surface area contributed by atoms with Crippen molar-refractivity contribution < 1.29 is 23.6 Å². The van der Waals surface area contributed by atoms with Gasteiger partial charge in [0.25, 0.3) is 5.91 Å². The third kappa shape index (κ3) is 4.65. The molecule has 2 aromatic rings. The summed E-state index contributed by atoms with van der Waals surface area (Å²) in [5.41, 5.74) is 6.38. The van der Waals surface area contributed by atoms with Crippen molar-refractivity contribution >= 4 is 11.8 Å². The van der Waals surface area contributed by atoms with Crippen molar-refractivity contribution in [3.8, 4) is 5.75 Å². The fourth-order valence-corrected chi connectivity index (χ4v) is 2.77. The highest BCUT2D eigenvalue weighted by Gasteiger charge is 2.30. The minimum Gasteiger partial charge on any atom is -0.488 e. The van der Waals surface area contributed by atoms with Gasteiger partial charge in [-0.2, -0.15) is 0 Å². The zero-order valence-electron chi connectivity index (χ0n) is 15.3. The normalized spacial score (nSPS) is 19.7. The zero-order chi connectivity index (χ0) is 19.4. The van der Waals surface area contributed by atoms with Gasteiger partial charge in [-0.05, 0) is 30.2 Å². The quantitative estimate of drug-likeness (QED) is 0.798. The van der Waals surface area contributed by atoms with Crippen molar-refractivity contribution in [2.24, 2.45) is 5.73 Å². The number of primary amides is 1. The predicted molar refractivity (Wildman–Crippen MR) is 96.7 cm³/mol. The van der Waals surface area contributed by atoms with Gasteiger partial charge in [0.15, 0.2) is 0 Å². The van der Waals surface area contributed by atoms with Crippen LogP contribution in [-0.4, -0.2) is 42.3 Å². The van der Waals surface area contributed by atoms with Crippen LogP contribution in [0.5, 0.6) is 5.75 Å². The second-order valence-electron chi connectivity index (χ2n) is 6.76. The summed E-state index contributed by atoms with van der Waals surface area (Å²) < 4.78 is 16.6. The molecule has 0 radical (unpaired) electrons. The van der Waals surface area contributed by atoms with Crippen LogP contribution < -0.4 is 15.8 Å². The first-order valence-electron chi connectivity index (χ1n) is 8.86. The van der Waals surface area contributed by atoms with Crippen molar-refractivity contribution in [3.63, 3.8) is 0 Å². The number of hydrogen-bond acceptors (Lipinski definition) is 6. The van der Waals surface area contributed by atoms with E-state index in [4.69, 9.17) is 19.7 Å². The van der Waals surface area contributed by atoms with Gasteiger partial charge >= 0.3 is 0 Å². The summed E-state index contributed by atoms with van der Waals surface area (Å²) in [5.74, 6) is 0.0719. The van der Waals surface area contributed by atoms with E-state index in [1.807, 2.05) is 13.8 Å². The molecule has 0 spiro atoms. The number of carbonyl (C=O) groups is 2. The third-order valence-electron chi connectivity index (χ3n) is 4.38. The molecule has 1 aliphatic heterocycles. The lowest BCUT2D eigenvalue weighted by molar-refractivity contribution is -0.00329. The molecule has 8 heteroatoms. The third-order valence-corrected chi connectivity index (χ3v) is 4.38. The molecule has 8 nitrogen and oxygen atoms in total. The zero-order valence-corrected chi connectivity index (χ0v) is 15.3. The Labute approximate surface area is 157 Å². The van der Waals surface area contributed by atoms with Gasteiger partial charge in [-0.3, -0.25) is 9.59 Å².